The number of phenols is 1. The Morgan fingerprint density at radius 1 is 0.907 bits per heavy atom. The Bertz CT molecular complexity index is 2400. The van der Waals surface area contributed by atoms with E-state index in [1.54, 1.807) is 0 Å². The van der Waals surface area contributed by atoms with E-state index in [1.165, 1.54) is 13.4 Å². The number of aromatic carboxylic acids is 2. The van der Waals surface area contributed by atoms with Crippen LogP contribution in [-0.4, -0.2) is 117 Å². The van der Waals surface area contributed by atoms with Crippen molar-refractivity contribution in [1.82, 2.24) is 24.8 Å². The average molecular weight is 791 g/mol. The minimum absolute atomic E-state index is 0.0769. The van der Waals surface area contributed by atoms with Crippen LogP contribution < -0.4 is 11.0 Å². The van der Waals surface area contributed by atoms with E-state index in [2.05, 4.69) is 75.0 Å². The van der Waals surface area contributed by atoms with Gasteiger partial charge in [0.05, 0.1) is 27.2 Å². The summed E-state index contributed by atoms with van der Waals surface area (Å²) in [5, 5.41) is 38.5. The lowest BCUT2D eigenvalue weighted by Crippen LogP contribution is -2.60. The summed E-state index contributed by atoms with van der Waals surface area (Å²) < 4.78 is 66.1. The van der Waals surface area contributed by atoms with Gasteiger partial charge in [-0.25, -0.2) is 19.4 Å². The third kappa shape index (κ3) is 9.03. The van der Waals surface area contributed by atoms with Crippen molar-refractivity contribution < 1.29 is 50.8 Å². The monoisotopic (exact) mass is 790 g/mol. The van der Waals surface area contributed by atoms with Crippen molar-refractivity contribution in [2.45, 2.75) is 55.1 Å². The summed E-state index contributed by atoms with van der Waals surface area (Å²) in [5.74, 6) is -3.16. The molecule has 54 heavy (non-hydrogen) atoms. The minimum atomic E-state index is -5.10. The molecule has 5 rings (SSSR count). The number of rotatable bonds is 9. The number of H-pyrrole nitrogens is 1. The first-order valence-corrected chi connectivity index (χ1v) is 18.7. The lowest BCUT2D eigenvalue weighted by atomic mass is 9.95. The van der Waals surface area contributed by atoms with Crippen molar-refractivity contribution in [2.24, 2.45) is 10.2 Å². The van der Waals surface area contributed by atoms with E-state index in [4.69, 9.17) is 10.2 Å². The van der Waals surface area contributed by atoms with Crippen LogP contribution in [0.15, 0.2) is 67.5 Å². The number of carbonyl (C=O) groups is 2. The maximum absolute atomic E-state index is 12.0. The SMILES string of the molecule is CC1CN(C(C)(C)c2ncnc(=O)[nH]2)C(C)CN1C.CNc1cc(S(=O)(=O)O)cc2cc(S(=O)(=O)O)c(N=Nc3cc(C(=O)O)cc(C(=O)O)c3)c(O)c12. The van der Waals surface area contributed by atoms with Gasteiger partial charge in [0.2, 0.25) is 0 Å². The lowest BCUT2D eigenvalue weighted by molar-refractivity contribution is -0.0145. The molecule has 20 nitrogen and oxygen atoms in total. The molecule has 1 fully saturated rings. The number of nitrogens with one attached hydrogen (secondary N) is 2. The Morgan fingerprint density at radius 2 is 1.52 bits per heavy atom. The standard InChI is InChI=1S/C19H15N3O11S2.C13H23N5O/c1-20-13-7-12(34(28,29)30)5-8-6-14(35(31,32)33)16(17(23)15(8)13)22-21-11-3-9(18(24)25)2-10(4-11)19(26)27;1-9-7-18(10(2)6-17(9)5)13(3,4)11-14-8-15-12(19)16-11/h2-7,20,23H,1H3,(H,24,25)(H,26,27)(H,28,29,30)(H,31,32,33);8-10H,6-7H2,1-5H3,(H,14,15,16,19). The van der Waals surface area contributed by atoms with Crippen molar-refractivity contribution in [3.8, 4) is 5.75 Å². The maximum Gasteiger partial charge on any atom is 0.347 e. The van der Waals surface area contributed by atoms with Gasteiger partial charge in [-0.3, -0.25) is 19.0 Å². The van der Waals surface area contributed by atoms with Crippen LogP contribution in [-0.2, 0) is 25.8 Å². The number of piperazine rings is 1. The predicted molar refractivity (Wildman–Crippen MR) is 193 cm³/mol. The minimum Gasteiger partial charge on any atom is -0.505 e. The number of nitrogens with zero attached hydrogens (tertiary/aromatic N) is 6. The topological polar surface area (TPSA) is 305 Å². The molecule has 290 valence electrons. The van der Waals surface area contributed by atoms with Gasteiger partial charge < -0.3 is 25.5 Å². The summed E-state index contributed by atoms with van der Waals surface area (Å²) in [6, 6.07) is 6.18. The Morgan fingerprint density at radius 3 is 2.04 bits per heavy atom. The van der Waals surface area contributed by atoms with E-state index >= 15 is 0 Å². The van der Waals surface area contributed by atoms with Gasteiger partial charge in [-0.05, 0) is 76.5 Å². The van der Waals surface area contributed by atoms with Crippen LogP contribution in [0.25, 0.3) is 10.8 Å². The molecule has 0 saturated carbocycles. The molecular weight excluding hydrogens is 753 g/mol. The second-order valence-electron chi connectivity index (χ2n) is 12.9. The van der Waals surface area contributed by atoms with Gasteiger partial charge in [-0.1, -0.05) is 0 Å². The molecule has 3 aromatic carbocycles. The summed E-state index contributed by atoms with van der Waals surface area (Å²) in [6.45, 7) is 10.6. The highest BCUT2D eigenvalue weighted by molar-refractivity contribution is 7.86. The normalized spacial score (nSPS) is 17.3. The van der Waals surface area contributed by atoms with E-state index in [0.717, 1.165) is 49.5 Å². The van der Waals surface area contributed by atoms with E-state index < -0.39 is 64.5 Å². The first-order valence-electron chi connectivity index (χ1n) is 15.8. The second kappa shape index (κ2) is 15.5. The van der Waals surface area contributed by atoms with Crippen LogP contribution in [0.2, 0.25) is 0 Å². The molecule has 1 aliphatic heterocycles. The van der Waals surface area contributed by atoms with E-state index in [9.17, 15) is 45.4 Å². The third-order valence-corrected chi connectivity index (χ3v) is 10.5. The number of anilines is 1. The number of carboxylic acids is 2. The van der Waals surface area contributed by atoms with E-state index in [0.29, 0.717) is 17.9 Å². The largest absolute Gasteiger partial charge is 0.505 e. The van der Waals surface area contributed by atoms with Crippen molar-refractivity contribution in [2.75, 3.05) is 32.5 Å². The number of hydrogen-bond acceptors (Lipinski definition) is 15. The number of carboxylic acid groups (broad SMARTS) is 2. The fourth-order valence-electron chi connectivity index (χ4n) is 5.95. The predicted octanol–water partition coefficient (Wildman–Crippen LogP) is 3.32. The van der Waals surface area contributed by atoms with Crippen LogP contribution in [0.3, 0.4) is 0 Å². The molecule has 22 heteroatoms. The Hall–Kier alpha value is -5.39. The van der Waals surface area contributed by atoms with Gasteiger partial charge in [0.15, 0.2) is 5.75 Å². The van der Waals surface area contributed by atoms with Crippen LogP contribution in [0.4, 0.5) is 17.1 Å². The number of aromatic amines is 1. The van der Waals surface area contributed by atoms with Crippen LogP contribution in [0.5, 0.6) is 5.75 Å². The van der Waals surface area contributed by atoms with Crippen LogP contribution in [0, 0.1) is 0 Å². The number of hydrogen-bond donors (Lipinski definition) is 7. The Labute approximate surface area is 308 Å². The zero-order chi connectivity index (χ0) is 40.5. The number of benzene rings is 3. The molecule has 4 aromatic rings. The summed E-state index contributed by atoms with van der Waals surface area (Å²) >= 11 is 0. The van der Waals surface area contributed by atoms with Crippen molar-refractivity contribution in [3.05, 3.63) is 70.2 Å². The summed E-state index contributed by atoms with van der Waals surface area (Å²) in [4.78, 5) is 47.6. The fourth-order valence-corrected chi connectivity index (χ4v) is 7.15. The third-order valence-electron chi connectivity index (χ3n) is 8.83. The van der Waals surface area contributed by atoms with E-state index in [1.807, 2.05) is 0 Å². The second-order valence-corrected chi connectivity index (χ2v) is 15.7. The molecule has 0 amide bonds. The number of aromatic nitrogens is 3. The summed E-state index contributed by atoms with van der Waals surface area (Å²) in [6.07, 6.45) is 1.33. The molecule has 0 bridgehead atoms. The number of phenolic OH excluding ortho intramolecular Hbond substituents is 1. The van der Waals surface area contributed by atoms with Gasteiger partial charge in [0.1, 0.15) is 22.7 Å². The quantitative estimate of drug-likeness (QED) is 0.0944. The fraction of sp³-hybridized carbons (Fsp3) is 0.344. The highest BCUT2D eigenvalue weighted by Gasteiger charge is 2.39. The lowest BCUT2D eigenvalue weighted by Gasteiger charge is -2.49. The smallest absolute Gasteiger partial charge is 0.347 e. The molecule has 2 unspecified atom stereocenters. The first kappa shape index (κ1) is 41.4. The zero-order valence-electron chi connectivity index (χ0n) is 29.7. The molecule has 2 atom stereocenters. The first-order chi connectivity index (χ1) is 24.9. The maximum atomic E-state index is 12.0. The van der Waals surface area contributed by atoms with Gasteiger partial charge in [-0.2, -0.15) is 26.9 Å². The van der Waals surface area contributed by atoms with Gasteiger partial charge in [0.25, 0.3) is 20.2 Å². The van der Waals surface area contributed by atoms with Crippen LogP contribution in [0.1, 0.15) is 54.2 Å². The number of aromatic hydroxyl groups is 1. The van der Waals surface area contributed by atoms with E-state index in [-0.39, 0.29) is 33.4 Å². The molecule has 0 spiro atoms. The molecule has 2 heterocycles. The number of fused-ring (bicyclic) bond motifs is 1. The number of azo groups is 1. The van der Waals surface area contributed by atoms with Gasteiger partial charge in [0, 0.05) is 43.3 Å². The molecule has 1 aromatic heterocycles. The van der Waals surface area contributed by atoms with Gasteiger partial charge >= 0.3 is 17.6 Å². The number of likely N-dealkylation sites (N-methyl/N-ethyl adjacent to an activating group) is 1. The highest BCUT2D eigenvalue weighted by Crippen LogP contribution is 2.45. The molecule has 7 N–H and O–H groups in total. The summed E-state index contributed by atoms with van der Waals surface area (Å²) in [5.41, 5.74) is -2.80. The van der Waals surface area contributed by atoms with Crippen molar-refractivity contribution >= 4 is 60.0 Å². The van der Waals surface area contributed by atoms with Crippen LogP contribution >= 0.6 is 0 Å². The van der Waals surface area contributed by atoms with Gasteiger partial charge in [-0.15, -0.1) is 5.11 Å². The molecule has 0 aliphatic carbocycles. The molecular formula is C32H38N8O12S2. The molecule has 0 radical (unpaired) electrons. The highest BCUT2D eigenvalue weighted by atomic mass is 32.2. The Kier molecular flexibility index (Phi) is 11.9. The average Bonchev–Trinajstić information content (AvgIpc) is 3.08. The zero-order valence-corrected chi connectivity index (χ0v) is 31.3. The molecule has 1 aliphatic rings. The van der Waals surface area contributed by atoms with Crippen molar-refractivity contribution in [3.63, 3.8) is 0 Å². The Balaban J connectivity index is 0.000000287. The van der Waals surface area contributed by atoms with Crippen molar-refractivity contribution in [1.29, 1.82) is 0 Å². The summed E-state index contributed by atoms with van der Waals surface area (Å²) in [7, 11) is -6.35. The molecule has 1 saturated heterocycles.